The molecule has 3 N–H and O–H groups in total. The molecule has 29 heavy (non-hydrogen) atoms. The van der Waals surface area contributed by atoms with Crippen molar-refractivity contribution in [3.05, 3.63) is 89.4 Å². The molecule has 0 bridgehead atoms. The molecule has 1 unspecified atom stereocenters. The predicted octanol–water partition coefficient (Wildman–Crippen LogP) is 4.30. The van der Waals surface area contributed by atoms with Gasteiger partial charge in [0.2, 0.25) is 0 Å². The van der Waals surface area contributed by atoms with E-state index in [-0.39, 0.29) is 6.04 Å². The molecule has 0 saturated heterocycles. The third kappa shape index (κ3) is 4.47. The third-order valence-corrected chi connectivity index (χ3v) is 5.09. The summed E-state index contributed by atoms with van der Waals surface area (Å²) in [5, 5.41) is 12.4. The second-order valence-electron chi connectivity index (χ2n) is 7.45. The number of hydrogen-bond acceptors (Lipinski definition) is 3. The molecule has 5 heteroatoms. The molecule has 0 aliphatic heterocycles. The SMILES string of the molecule is CN(C)CCNC(c1cc[nH]c1)c1ccccc1C=Cc1n[nH]c2ccccc12. The molecule has 2 aromatic carbocycles. The van der Waals surface area contributed by atoms with Crippen LogP contribution in [-0.2, 0) is 0 Å². The second kappa shape index (κ2) is 8.90. The lowest BCUT2D eigenvalue weighted by Crippen LogP contribution is -2.30. The van der Waals surface area contributed by atoms with E-state index in [1.807, 2.05) is 24.4 Å². The number of hydrogen-bond donors (Lipinski definition) is 3. The topological polar surface area (TPSA) is 59.7 Å². The van der Waals surface area contributed by atoms with Gasteiger partial charge >= 0.3 is 0 Å². The van der Waals surface area contributed by atoms with Gasteiger partial charge in [0.05, 0.1) is 17.3 Å². The highest BCUT2D eigenvalue weighted by molar-refractivity contribution is 5.89. The zero-order chi connectivity index (χ0) is 20.1. The van der Waals surface area contributed by atoms with E-state index in [9.17, 15) is 0 Å². The molecule has 148 valence electrons. The average Bonchev–Trinajstić information content (AvgIpc) is 3.40. The van der Waals surface area contributed by atoms with E-state index in [4.69, 9.17) is 0 Å². The van der Waals surface area contributed by atoms with Crippen molar-refractivity contribution in [3.63, 3.8) is 0 Å². The van der Waals surface area contributed by atoms with Crippen molar-refractivity contribution in [2.45, 2.75) is 6.04 Å². The number of fused-ring (bicyclic) bond motifs is 1. The zero-order valence-electron chi connectivity index (χ0n) is 16.9. The van der Waals surface area contributed by atoms with Gasteiger partial charge in [-0.15, -0.1) is 0 Å². The van der Waals surface area contributed by atoms with Crippen LogP contribution in [0.3, 0.4) is 0 Å². The molecule has 0 saturated carbocycles. The van der Waals surface area contributed by atoms with Crippen LogP contribution in [-0.4, -0.2) is 47.3 Å². The van der Waals surface area contributed by atoms with Gasteiger partial charge in [-0.2, -0.15) is 5.10 Å². The van der Waals surface area contributed by atoms with E-state index in [2.05, 4.69) is 94.2 Å². The van der Waals surface area contributed by atoms with E-state index < -0.39 is 0 Å². The smallest absolute Gasteiger partial charge is 0.0927 e. The van der Waals surface area contributed by atoms with E-state index >= 15 is 0 Å². The summed E-state index contributed by atoms with van der Waals surface area (Å²) in [4.78, 5) is 5.38. The highest BCUT2D eigenvalue weighted by atomic mass is 15.1. The van der Waals surface area contributed by atoms with Crippen molar-refractivity contribution in [2.24, 2.45) is 0 Å². The normalized spacial score (nSPS) is 12.9. The summed E-state index contributed by atoms with van der Waals surface area (Å²) in [5.74, 6) is 0. The lowest BCUT2D eigenvalue weighted by atomic mass is 9.95. The van der Waals surface area contributed by atoms with Gasteiger partial charge < -0.3 is 15.2 Å². The standard InChI is InChI=1S/C24H27N5/c1-29(2)16-15-26-24(19-13-14-25-17-19)20-8-4-3-7-18(20)11-12-23-21-9-5-6-10-22(21)27-28-23/h3-14,17,24-26H,15-16H2,1-2H3,(H,27,28). The summed E-state index contributed by atoms with van der Waals surface area (Å²) >= 11 is 0. The van der Waals surface area contributed by atoms with E-state index in [1.54, 1.807) is 0 Å². The summed E-state index contributed by atoms with van der Waals surface area (Å²) < 4.78 is 0. The first-order valence-corrected chi connectivity index (χ1v) is 9.93. The first kappa shape index (κ1) is 19.2. The van der Waals surface area contributed by atoms with Gasteiger partial charge in [-0.25, -0.2) is 0 Å². The second-order valence-corrected chi connectivity index (χ2v) is 7.45. The molecule has 0 fully saturated rings. The molecule has 2 aromatic heterocycles. The number of para-hydroxylation sites is 1. The summed E-state index contributed by atoms with van der Waals surface area (Å²) in [6, 6.07) is 19.0. The molecule has 4 aromatic rings. The Kier molecular flexibility index (Phi) is 5.89. The zero-order valence-corrected chi connectivity index (χ0v) is 16.9. The molecular formula is C24H27N5. The van der Waals surface area contributed by atoms with Gasteiger partial charge in [0.15, 0.2) is 0 Å². The number of aromatic nitrogens is 3. The first-order chi connectivity index (χ1) is 14.2. The van der Waals surface area contributed by atoms with Gasteiger partial charge in [-0.3, -0.25) is 5.10 Å². The fourth-order valence-electron chi connectivity index (χ4n) is 3.56. The van der Waals surface area contributed by atoms with Gasteiger partial charge in [-0.1, -0.05) is 48.5 Å². The molecule has 2 heterocycles. The van der Waals surface area contributed by atoms with E-state index in [0.717, 1.165) is 29.7 Å². The Morgan fingerprint density at radius 3 is 2.69 bits per heavy atom. The van der Waals surface area contributed by atoms with Crippen molar-refractivity contribution >= 4 is 23.1 Å². The Balaban J connectivity index is 1.65. The number of rotatable bonds is 8. The third-order valence-electron chi connectivity index (χ3n) is 5.09. The number of likely N-dealkylation sites (N-methyl/N-ethyl adjacent to an activating group) is 1. The van der Waals surface area contributed by atoms with E-state index in [1.165, 1.54) is 16.7 Å². The minimum Gasteiger partial charge on any atom is -0.367 e. The summed E-state index contributed by atoms with van der Waals surface area (Å²) in [5.41, 5.74) is 5.67. The lowest BCUT2D eigenvalue weighted by Gasteiger charge is -2.22. The Labute approximate surface area is 171 Å². The highest BCUT2D eigenvalue weighted by Crippen LogP contribution is 2.27. The van der Waals surface area contributed by atoms with Crippen LogP contribution in [0.2, 0.25) is 0 Å². The van der Waals surface area contributed by atoms with Crippen LogP contribution in [0.5, 0.6) is 0 Å². The molecule has 4 rings (SSSR count). The summed E-state index contributed by atoms with van der Waals surface area (Å²) in [6.07, 6.45) is 8.29. The minimum atomic E-state index is 0.123. The number of nitrogens with zero attached hydrogens (tertiary/aromatic N) is 2. The Bertz CT molecular complexity index is 1080. The van der Waals surface area contributed by atoms with Gasteiger partial charge in [0.25, 0.3) is 0 Å². The summed E-state index contributed by atoms with van der Waals surface area (Å²) in [6.45, 7) is 1.89. The van der Waals surface area contributed by atoms with Crippen LogP contribution in [0.25, 0.3) is 23.1 Å². The Hall–Kier alpha value is -3.15. The van der Waals surface area contributed by atoms with Crippen LogP contribution >= 0.6 is 0 Å². The van der Waals surface area contributed by atoms with Gasteiger partial charge in [0.1, 0.15) is 0 Å². The Morgan fingerprint density at radius 1 is 1.03 bits per heavy atom. The number of H-pyrrole nitrogens is 2. The first-order valence-electron chi connectivity index (χ1n) is 9.93. The van der Waals surface area contributed by atoms with Crippen molar-refractivity contribution in [3.8, 4) is 0 Å². The van der Waals surface area contributed by atoms with Crippen molar-refractivity contribution in [2.75, 3.05) is 27.2 Å². The van der Waals surface area contributed by atoms with Crippen LogP contribution in [0.15, 0.2) is 67.0 Å². The molecule has 0 aliphatic carbocycles. The van der Waals surface area contributed by atoms with Crippen LogP contribution < -0.4 is 5.32 Å². The minimum absolute atomic E-state index is 0.123. The molecule has 0 aliphatic rings. The van der Waals surface area contributed by atoms with Crippen LogP contribution in [0.1, 0.15) is 28.4 Å². The molecule has 5 nitrogen and oxygen atoms in total. The van der Waals surface area contributed by atoms with Crippen molar-refractivity contribution < 1.29 is 0 Å². The van der Waals surface area contributed by atoms with Crippen LogP contribution in [0, 0.1) is 0 Å². The average molecular weight is 386 g/mol. The maximum atomic E-state index is 4.47. The monoisotopic (exact) mass is 385 g/mol. The molecule has 1 atom stereocenters. The van der Waals surface area contributed by atoms with Crippen molar-refractivity contribution in [1.29, 1.82) is 0 Å². The summed E-state index contributed by atoms with van der Waals surface area (Å²) in [7, 11) is 4.19. The number of benzene rings is 2. The predicted molar refractivity (Wildman–Crippen MR) is 121 cm³/mol. The lowest BCUT2D eigenvalue weighted by molar-refractivity contribution is 0.392. The maximum Gasteiger partial charge on any atom is 0.0927 e. The molecule has 0 spiro atoms. The fourth-order valence-corrected chi connectivity index (χ4v) is 3.56. The molecule has 0 amide bonds. The van der Waals surface area contributed by atoms with Gasteiger partial charge in [-0.05, 0) is 49.0 Å². The van der Waals surface area contributed by atoms with Crippen molar-refractivity contribution in [1.82, 2.24) is 25.4 Å². The van der Waals surface area contributed by atoms with E-state index in [0.29, 0.717) is 0 Å². The van der Waals surface area contributed by atoms with Gasteiger partial charge in [0, 0.05) is 30.9 Å². The molecule has 0 radical (unpaired) electrons. The van der Waals surface area contributed by atoms with Crippen LogP contribution in [0.4, 0.5) is 0 Å². The quantitative estimate of drug-likeness (QED) is 0.424. The number of aromatic amines is 2. The molecular weight excluding hydrogens is 358 g/mol. The maximum absolute atomic E-state index is 4.47. The fraction of sp³-hybridized carbons (Fsp3) is 0.208. The number of nitrogens with one attached hydrogen (secondary N) is 3. The largest absolute Gasteiger partial charge is 0.367 e. The highest BCUT2D eigenvalue weighted by Gasteiger charge is 2.16. The Morgan fingerprint density at radius 2 is 1.86 bits per heavy atom.